The number of fused-ring (bicyclic) bond motifs is 1. The standard InChI is InChI=1S/C20H21N3O3/c1-24-14-6-4-13(5-7-14)23-20-17(10-11-21-20)19(22-23)16-9-8-15(25-2)12-18(16)26-3/h4-9,12,21H,10-11H2,1-3H3. The number of nitrogens with one attached hydrogen (secondary N) is 1. The van der Waals surface area contributed by atoms with Crippen LogP contribution in [0.25, 0.3) is 16.9 Å². The van der Waals surface area contributed by atoms with Crippen molar-refractivity contribution >= 4 is 5.82 Å². The van der Waals surface area contributed by atoms with Gasteiger partial charge in [0.15, 0.2) is 0 Å². The fraction of sp³-hybridized carbons (Fsp3) is 0.250. The quantitative estimate of drug-likeness (QED) is 0.762. The average molecular weight is 351 g/mol. The number of hydrogen-bond acceptors (Lipinski definition) is 5. The third kappa shape index (κ3) is 2.63. The molecule has 26 heavy (non-hydrogen) atoms. The van der Waals surface area contributed by atoms with Crippen LogP contribution in [0, 0.1) is 0 Å². The van der Waals surface area contributed by atoms with E-state index in [1.807, 2.05) is 47.1 Å². The fourth-order valence-corrected chi connectivity index (χ4v) is 3.30. The van der Waals surface area contributed by atoms with Crippen molar-refractivity contribution in [3.05, 3.63) is 48.0 Å². The molecular formula is C20H21N3O3. The van der Waals surface area contributed by atoms with Gasteiger partial charge in [-0.3, -0.25) is 0 Å². The van der Waals surface area contributed by atoms with E-state index in [0.717, 1.165) is 53.0 Å². The number of benzene rings is 2. The minimum absolute atomic E-state index is 0.749. The van der Waals surface area contributed by atoms with Crippen molar-refractivity contribution < 1.29 is 14.2 Å². The summed E-state index contributed by atoms with van der Waals surface area (Å²) in [6.07, 6.45) is 0.927. The molecule has 134 valence electrons. The molecule has 0 radical (unpaired) electrons. The monoisotopic (exact) mass is 351 g/mol. The van der Waals surface area contributed by atoms with Crippen LogP contribution in [-0.2, 0) is 6.42 Å². The first kappa shape index (κ1) is 16.3. The van der Waals surface area contributed by atoms with Crippen LogP contribution >= 0.6 is 0 Å². The maximum atomic E-state index is 5.58. The number of ether oxygens (including phenoxy) is 3. The molecule has 0 atom stereocenters. The summed E-state index contributed by atoms with van der Waals surface area (Å²) in [5.74, 6) is 3.36. The predicted octanol–water partition coefficient (Wildman–Crippen LogP) is 3.53. The molecule has 2 aromatic carbocycles. The normalized spacial score (nSPS) is 12.4. The highest BCUT2D eigenvalue weighted by molar-refractivity contribution is 5.77. The lowest BCUT2D eigenvalue weighted by molar-refractivity contribution is 0.395. The van der Waals surface area contributed by atoms with Gasteiger partial charge in [0.05, 0.1) is 27.0 Å². The van der Waals surface area contributed by atoms with Crippen LogP contribution in [0.4, 0.5) is 5.82 Å². The first-order valence-corrected chi connectivity index (χ1v) is 8.47. The Bertz CT molecular complexity index is 932. The summed E-state index contributed by atoms with van der Waals surface area (Å²) in [7, 11) is 4.97. The predicted molar refractivity (Wildman–Crippen MR) is 101 cm³/mol. The van der Waals surface area contributed by atoms with E-state index in [0.29, 0.717) is 0 Å². The van der Waals surface area contributed by atoms with E-state index in [2.05, 4.69) is 5.32 Å². The highest BCUT2D eigenvalue weighted by atomic mass is 16.5. The zero-order valence-electron chi connectivity index (χ0n) is 15.1. The first-order valence-electron chi connectivity index (χ1n) is 8.47. The van der Waals surface area contributed by atoms with Gasteiger partial charge in [-0.15, -0.1) is 0 Å². The highest BCUT2D eigenvalue weighted by Gasteiger charge is 2.25. The lowest BCUT2D eigenvalue weighted by Crippen LogP contribution is -2.04. The van der Waals surface area contributed by atoms with Crippen molar-refractivity contribution in [2.75, 3.05) is 33.2 Å². The highest BCUT2D eigenvalue weighted by Crippen LogP contribution is 2.39. The Kier molecular flexibility index (Phi) is 4.16. The Morgan fingerprint density at radius 2 is 1.65 bits per heavy atom. The van der Waals surface area contributed by atoms with E-state index in [1.54, 1.807) is 21.3 Å². The zero-order valence-corrected chi connectivity index (χ0v) is 15.1. The summed E-state index contributed by atoms with van der Waals surface area (Å²) in [6.45, 7) is 0.898. The molecule has 1 N–H and O–H groups in total. The summed E-state index contributed by atoms with van der Waals surface area (Å²) in [6, 6.07) is 13.7. The number of hydrogen-bond donors (Lipinski definition) is 1. The van der Waals surface area contributed by atoms with Gasteiger partial charge < -0.3 is 19.5 Å². The molecule has 0 saturated heterocycles. The van der Waals surface area contributed by atoms with Crippen LogP contribution in [0.15, 0.2) is 42.5 Å². The molecule has 0 saturated carbocycles. The molecule has 6 nitrogen and oxygen atoms in total. The summed E-state index contributed by atoms with van der Waals surface area (Å²) >= 11 is 0. The lowest BCUT2D eigenvalue weighted by atomic mass is 10.1. The summed E-state index contributed by atoms with van der Waals surface area (Å²) < 4.78 is 18.1. The zero-order chi connectivity index (χ0) is 18.1. The molecule has 4 rings (SSSR count). The summed E-state index contributed by atoms with van der Waals surface area (Å²) in [4.78, 5) is 0. The van der Waals surface area contributed by atoms with Crippen molar-refractivity contribution in [3.63, 3.8) is 0 Å². The third-order valence-corrected chi connectivity index (χ3v) is 4.63. The minimum atomic E-state index is 0.749. The van der Waals surface area contributed by atoms with E-state index < -0.39 is 0 Å². The second-order valence-corrected chi connectivity index (χ2v) is 6.03. The number of nitrogens with zero attached hydrogens (tertiary/aromatic N) is 2. The molecule has 6 heteroatoms. The Labute approximate surface area is 152 Å². The SMILES string of the molecule is COc1ccc(-n2nc(-c3ccc(OC)cc3OC)c3c2NCC3)cc1. The lowest BCUT2D eigenvalue weighted by Gasteiger charge is -2.10. The van der Waals surface area contributed by atoms with Crippen LogP contribution < -0.4 is 19.5 Å². The van der Waals surface area contributed by atoms with Gasteiger partial charge in [0.2, 0.25) is 0 Å². The molecule has 1 aliphatic heterocycles. The number of anilines is 1. The van der Waals surface area contributed by atoms with Gasteiger partial charge in [-0.2, -0.15) is 5.10 Å². The van der Waals surface area contributed by atoms with Crippen LogP contribution in [0.2, 0.25) is 0 Å². The summed E-state index contributed by atoms with van der Waals surface area (Å²) in [5, 5.41) is 8.33. The Hall–Kier alpha value is -3.15. The van der Waals surface area contributed by atoms with Gasteiger partial charge in [0, 0.05) is 23.7 Å². The number of aromatic nitrogens is 2. The van der Waals surface area contributed by atoms with Crippen LogP contribution in [0.1, 0.15) is 5.56 Å². The molecule has 0 amide bonds. The van der Waals surface area contributed by atoms with Crippen LogP contribution in [-0.4, -0.2) is 37.7 Å². The average Bonchev–Trinajstić information content (AvgIpc) is 3.30. The van der Waals surface area contributed by atoms with Crippen molar-refractivity contribution in [1.29, 1.82) is 0 Å². The summed E-state index contributed by atoms with van der Waals surface area (Å²) in [5.41, 5.74) is 4.07. The first-order chi connectivity index (χ1) is 12.7. The third-order valence-electron chi connectivity index (χ3n) is 4.63. The van der Waals surface area contributed by atoms with Crippen molar-refractivity contribution in [2.45, 2.75) is 6.42 Å². The molecule has 0 unspecified atom stereocenters. The van der Waals surface area contributed by atoms with E-state index in [4.69, 9.17) is 19.3 Å². The van der Waals surface area contributed by atoms with Gasteiger partial charge in [-0.1, -0.05) is 0 Å². The van der Waals surface area contributed by atoms with Gasteiger partial charge in [0.25, 0.3) is 0 Å². The fourth-order valence-electron chi connectivity index (χ4n) is 3.30. The molecule has 2 heterocycles. The largest absolute Gasteiger partial charge is 0.497 e. The molecule has 1 aromatic heterocycles. The van der Waals surface area contributed by atoms with E-state index in [-0.39, 0.29) is 0 Å². The van der Waals surface area contributed by atoms with Crippen molar-refractivity contribution in [1.82, 2.24) is 9.78 Å². The van der Waals surface area contributed by atoms with E-state index in [1.165, 1.54) is 5.56 Å². The van der Waals surface area contributed by atoms with Crippen LogP contribution in [0.3, 0.4) is 0 Å². The molecule has 3 aromatic rings. The van der Waals surface area contributed by atoms with Gasteiger partial charge in [0.1, 0.15) is 28.8 Å². The topological polar surface area (TPSA) is 57.5 Å². The molecule has 0 spiro atoms. The Morgan fingerprint density at radius 1 is 0.923 bits per heavy atom. The second kappa shape index (κ2) is 6.63. The van der Waals surface area contributed by atoms with Crippen molar-refractivity contribution in [2.24, 2.45) is 0 Å². The maximum absolute atomic E-state index is 5.58. The molecule has 0 fully saturated rings. The second-order valence-electron chi connectivity index (χ2n) is 6.03. The Morgan fingerprint density at radius 3 is 2.35 bits per heavy atom. The van der Waals surface area contributed by atoms with Crippen molar-refractivity contribution in [3.8, 4) is 34.2 Å². The molecule has 0 aliphatic carbocycles. The van der Waals surface area contributed by atoms with Gasteiger partial charge in [-0.05, 0) is 42.8 Å². The van der Waals surface area contributed by atoms with Gasteiger partial charge >= 0.3 is 0 Å². The van der Waals surface area contributed by atoms with E-state index in [9.17, 15) is 0 Å². The molecule has 1 aliphatic rings. The van der Waals surface area contributed by atoms with Crippen LogP contribution in [0.5, 0.6) is 17.2 Å². The minimum Gasteiger partial charge on any atom is -0.497 e. The number of methoxy groups -OCH3 is 3. The molecule has 0 bridgehead atoms. The maximum Gasteiger partial charge on any atom is 0.133 e. The van der Waals surface area contributed by atoms with E-state index >= 15 is 0 Å². The molecular weight excluding hydrogens is 330 g/mol. The Balaban J connectivity index is 1.84. The van der Waals surface area contributed by atoms with Gasteiger partial charge in [-0.25, -0.2) is 4.68 Å². The number of rotatable bonds is 5. The smallest absolute Gasteiger partial charge is 0.133 e.